The lowest BCUT2D eigenvalue weighted by atomic mass is 9.93. The van der Waals surface area contributed by atoms with Crippen molar-refractivity contribution in [2.24, 2.45) is 0 Å². The van der Waals surface area contributed by atoms with Gasteiger partial charge in [0.2, 0.25) is 0 Å². The van der Waals surface area contributed by atoms with Crippen LogP contribution in [0.2, 0.25) is 0 Å². The Morgan fingerprint density at radius 1 is 1.70 bits per heavy atom. The summed E-state index contributed by atoms with van der Waals surface area (Å²) in [5.41, 5.74) is 0.245. The Labute approximate surface area is 67.3 Å². The summed E-state index contributed by atoms with van der Waals surface area (Å²) in [6, 6.07) is 0.498. The highest BCUT2D eigenvalue weighted by atomic mass is 32.2. The van der Waals surface area contributed by atoms with Crippen molar-refractivity contribution in [1.29, 1.82) is 0 Å². The summed E-state index contributed by atoms with van der Waals surface area (Å²) in [6.07, 6.45) is 2.53. The van der Waals surface area contributed by atoms with Gasteiger partial charge in [0, 0.05) is 11.3 Å². The zero-order valence-electron chi connectivity index (χ0n) is 6.59. The molecule has 2 bridgehead atoms. The lowest BCUT2D eigenvalue weighted by Crippen LogP contribution is -2.26. The van der Waals surface area contributed by atoms with E-state index in [-0.39, 0.29) is 5.60 Å². The van der Waals surface area contributed by atoms with Crippen molar-refractivity contribution >= 4 is 19.6 Å². The van der Waals surface area contributed by atoms with Crippen molar-refractivity contribution in [3.05, 3.63) is 0 Å². The Morgan fingerprint density at radius 2 is 2.50 bits per heavy atom. The molecule has 0 radical (unpaired) electrons. The largest absolute Gasteiger partial charge is 0.380 e. The molecule has 3 unspecified atom stereocenters. The highest BCUT2D eigenvalue weighted by Crippen LogP contribution is 2.43. The van der Waals surface area contributed by atoms with E-state index in [4.69, 9.17) is 4.74 Å². The van der Waals surface area contributed by atoms with Crippen LogP contribution in [0.3, 0.4) is 0 Å². The Hall–Kier alpha value is 0.375. The van der Waals surface area contributed by atoms with Crippen LogP contribution in [-0.2, 0) is 4.74 Å². The predicted molar refractivity (Wildman–Crippen MR) is 47.3 cm³/mol. The van der Waals surface area contributed by atoms with Crippen molar-refractivity contribution in [1.82, 2.24) is 0 Å². The molecule has 0 saturated carbocycles. The van der Waals surface area contributed by atoms with Crippen LogP contribution in [0.5, 0.6) is 0 Å². The summed E-state index contributed by atoms with van der Waals surface area (Å²) in [7, 11) is 2.20. The van der Waals surface area contributed by atoms with Gasteiger partial charge in [-0.25, -0.2) is 0 Å². The zero-order chi connectivity index (χ0) is 7.19. The summed E-state index contributed by atoms with van der Waals surface area (Å²) >= 11 is 2.09. The smallest absolute Gasteiger partial charge is 0.140 e. The molecule has 10 heavy (non-hydrogen) atoms. The average Bonchev–Trinajstić information content (AvgIpc) is 2.03. The van der Waals surface area contributed by atoms with E-state index in [1.54, 1.807) is 0 Å². The fraction of sp³-hybridized carbons (Fsp3) is 1.00. The molecule has 3 heteroatoms. The number of fused-ring (bicyclic) bond motifs is 2. The topological polar surface area (TPSA) is 9.23 Å². The molecule has 2 aliphatic heterocycles. The molecule has 0 aromatic heterocycles. The molecule has 2 heterocycles. The normalized spacial score (nSPS) is 53.3. The molecule has 0 aromatic rings. The van der Waals surface area contributed by atoms with Gasteiger partial charge >= 0.3 is 0 Å². The van der Waals surface area contributed by atoms with Crippen molar-refractivity contribution in [3.8, 4) is 0 Å². The van der Waals surface area contributed by atoms with E-state index in [2.05, 4.69) is 26.5 Å². The molecule has 0 N–H and O–H groups in total. The minimum absolute atomic E-state index is 0.245. The van der Waals surface area contributed by atoms with Crippen molar-refractivity contribution in [2.75, 3.05) is 5.75 Å². The minimum Gasteiger partial charge on any atom is -0.380 e. The molecular weight excluding hydrogens is 143 g/mol. The van der Waals surface area contributed by atoms with E-state index in [0.29, 0.717) is 6.00 Å². The zero-order valence-corrected chi connectivity index (χ0v) is 7.41. The molecule has 2 fully saturated rings. The summed E-state index contributed by atoms with van der Waals surface area (Å²) in [5, 5.41) is 0.791. The standard InChI is InChI=1S/C7H13BOS/c1-7-2-3-10-5(4-7)6(8)9-7/h5-6H,2-4,8H2,1H3. The van der Waals surface area contributed by atoms with Crippen LogP contribution >= 0.6 is 11.8 Å². The Kier molecular flexibility index (Phi) is 1.54. The van der Waals surface area contributed by atoms with E-state index in [9.17, 15) is 0 Å². The van der Waals surface area contributed by atoms with Gasteiger partial charge in [0.1, 0.15) is 7.85 Å². The maximum atomic E-state index is 5.85. The number of ether oxygens (including phenoxy) is 1. The molecule has 56 valence electrons. The SMILES string of the molecule is BC1OC2(C)CCSC1C2. The first-order valence-corrected chi connectivity index (χ1v) is 5.04. The van der Waals surface area contributed by atoms with E-state index in [1.165, 1.54) is 18.6 Å². The van der Waals surface area contributed by atoms with Crippen LogP contribution in [0.1, 0.15) is 19.8 Å². The monoisotopic (exact) mass is 156 g/mol. The lowest BCUT2D eigenvalue weighted by Gasteiger charge is -2.26. The molecular formula is C7H13BOS. The van der Waals surface area contributed by atoms with Crippen molar-refractivity contribution in [3.63, 3.8) is 0 Å². The fourth-order valence-corrected chi connectivity index (χ4v) is 3.60. The molecule has 1 nitrogen and oxygen atoms in total. The number of hydrogen-bond acceptors (Lipinski definition) is 2. The highest BCUT2D eigenvalue weighted by molar-refractivity contribution is 8.00. The third kappa shape index (κ3) is 0.997. The van der Waals surface area contributed by atoms with Gasteiger partial charge in [-0.15, -0.1) is 0 Å². The molecule has 3 atom stereocenters. The van der Waals surface area contributed by atoms with Gasteiger partial charge in [0.05, 0.1) is 5.60 Å². The van der Waals surface area contributed by atoms with Gasteiger partial charge in [0.25, 0.3) is 0 Å². The van der Waals surface area contributed by atoms with Crippen LogP contribution in [0.25, 0.3) is 0 Å². The molecule has 0 amide bonds. The molecule has 2 saturated heterocycles. The summed E-state index contributed by atoms with van der Waals surface area (Å²) in [5.74, 6) is 1.30. The van der Waals surface area contributed by atoms with Gasteiger partial charge in [0.15, 0.2) is 0 Å². The van der Waals surface area contributed by atoms with E-state index in [0.717, 1.165) is 5.25 Å². The third-order valence-electron chi connectivity index (χ3n) is 2.59. The Bertz CT molecular complexity index is 149. The second kappa shape index (κ2) is 2.18. The molecule has 0 aromatic carbocycles. The van der Waals surface area contributed by atoms with Crippen LogP contribution in [0, 0.1) is 0 Å². The van der Waals surface area contributed by atoms with Crippen LogP contribution in [0.15, 0.2) is 0 Å². The van der Waals surface area contributed by atoms with Crippen LogP contribution in [0.4, 0.5) is 0 Å². The van der Waals surface area contributed by atoms with Crippen molar-refractivity contribution < 1.29 is 4.74 Å². The van der Waals surface area contributed by atoms with Gasteiger partial charge < -0.3 is 4.74 Å². The third-order valence-corrected chi connectivity index (χ3v) is 4.01. The number of rotatable bonds is 0. The molecule has 0 spiro atoms. The van der Waals surface area contributed by atoms with Gasteiger partial charge in [-0.3, -0.25) is 0 Å². The second-order valence-corrected chi connectivity index (χ2v) is 4.98. The first-order chi connectivity index (χ1) is 4.70. The lowest BCUT2D eigenvalue weighted by molar-refractivity contribution is 0.00284. The van der Waals surface area contributed by atoms with Gasteiger partial charge in [-0.2, -0.15) is 11.8 Å². The second-order valence-electron chi connectivity index (χ2n) is 3.64. The molecule has 2 rings (SSSR count). The van der Waals surface area contributed by atoms with E-state index in [1.807, 2.05) is 0 Å². The number of thioether (sulfide) groups is 1. The predicted octanol–water partition coefficient (Wildman–Crippen LogP) is 0.630. The van der Waals surface area contributed by atoms with E-state index < -0.39 is 0 Å². The minimum atomic E-state index is 0.245. The Morgan fingerprint density at radius 3 is 3.10 bits per heavy atom. The Balaban J connectivity index is 2.16. The van der Waals surface area contributed by atoms with Crippen LogP contribution in [-0.4, -0.2) is 30.5 Å². The first kappa shape index (κ1) is 7.05. The van der Waals surface area contributed by atoms with Crippen LogP contribution < -0.4 is 0 Å². The quantitative estimate of drug-likeness (QED) is 0.475. The first-order valence-electron chi connectivity index (χ1n) is 3.99. The van der Waals surface area contributed by atoms with Gasteiger partial charge in [-0.05, 0) is 25.5 Å². The summed E-state index contributed by atoms with van der Waals surface area (Å²) < 4.78 is 5.85. The molecule has 0 aliphatic carbocycles. The summed E-state index contributed by atoms with van der Waals surface area (Å²) in [6.45, 7) is 2.25. The van der Waals surface area contributed by atoms with E-state index >= 15 is 0 Å². The number of hydrogen-bond donors (Lipinski definition) is 0. The molecule has 2 aliphatic rings. The fourth-order valence-electron chi connectivity index (χ4n) is 1.95. The average molecular weight is 156 g/mol. The highest BCUT2D eigenvalue weighted by Gasteiger charge is 2.43. The van der Waals surface area contributed by atoms with Crippen molar-refractivity contribution in [2.45, 2.75) is 36.6 Å². The summed E-state index contributed by atoms with van der Waals surface area (Å²) in [4.78, 5) is 0. The maximum Gasteiger partial charge on any atom is 0.140 e. The van der Waals surface area contributed by atoms with Gasteiger partial charge in [-0.1, -0.05) is 0 Å². The maximum absolute atomic E-state index is 5.85.